The molecule has 0 aliphatic carbocycles. The quantitative estimate of drug-likeness (QED) is 0.459. The van der Waals surface area contributed by atoms with Gasteiger partial charge in [-0.05, 0) is 5.92 Å². The average Bonchev–Trinajstić information content (AvgIpc) is 1.73. The molecule has 0 aromatic carbocycles. The Kier molecular flexibility index (Phi) is 12.2. The van der Waals surface area contributed by atoms with E-state index in [1.807, 2.05) is 6.08 Å². The Morgan fingerprint density at radius 1 is 1.57 bits per heavy atom. The van der Waals surface area contributed by atoms with Gasteiger partial charge in [-0.15, -0.1) is 6.58 Å². The van der Waals surface area contributed by atoms with Crippen LogP contribution in [0, 0.1) is 17.8 Å². The fraction of sp³-hybridized carbons (Fsp3) is 0.500. The van der Waals surface area contributed by atoms with Crippen molar-refractivity contribution in [1.29, 1.82) is 5.26 Å². The lowest BCUT2D eigenvalue weighted by Crippen LogP contribution is -1.71. The summed E-state index contributed by atoms with van der Waals surface area (Å²) in [4.78, 5) is 0. The van der Waals surface area contributed by atoms with Crippen LogP contribution in [0.5, 0.6) is 0 Å². The van der Waals surface area contributed by atoms with Crippen molar-refractivity contribution in [2.75, 3.05) is 0 Å². The maximum atomic E-state index is 6.50. The van der Waals surface area contributed by atoms with E-state index in [1.165, 1.54) is 0 Å². The van der Waals surface area contributed by atoms with Gasteiger partial charge < -0.3 is 0 Å². The average molecular weight is 97.2 g/mol. The van der Waals surface area contributed by atoms with E-state index in [0.717, 1.165) is 0 Å². The van der Waals surface area contributed by atoms with Crippen molar-refractivity contribution < 1.29 is 0 Å². The Bertz CT molecular complexity index is 52.4. The van der Waals surface area contributed by atoms with Gasteiger partial charge in [-0.2, -0.15) is 0 Å². The summed E-state index contributed by atoms with van der Waals surface area (Å²) in [5.74, 6) is 0.648. The molecule has 0 amide bonds. The van der Waals surface area contributed by atoms with Crippen molar-refractivity contribution in [3.05, 3.63) is 12.7 Å². The first kappa shape index (κ1) is 9.52. The molecular formula is C6H11N. The minimum absolute atomic E-state index is 0.648. The molecule has 0 bridgehead atoms. The molecule has 7 heavy (non-hydrogen) atoms. The summed E-state index contributed by atoms with van der Waals surface area (Å²) >= 11 is 0. The zero-order valence-corrected chi connectivity index (χ0v) is 4.89. The number of nitriles is 1. The molecule has 0 fully saturated rings. The highest BCUT2D eigenvalue weighted by molar-refractivity contribution is 4.69. The van der Waals surface area contributed by atoms with E-state index in [1.54, 1.807) is 0 Å². The highest BCUT2D eigenvalue weighted by atomic mass is 14.2. The van der Waals surface area contributed by atoms with Gasteiger partial charge >= 0.3 is 0 Å². The van der Waals surface area contributed by atoms with Gasteiger partial charge in [0.2, 0.25) is 0 Å². The van der Waals surface area contributed by atoms with Crippen molar-refractivity contribution in [1.82, 2.24) is 0 Å². The fourth-order valence-electron chi connectivity index (χ4n) is 0. The summed E-state index contributed by atoms with van der Waals surface area (Å²) in [6.07, 6.45) is 1.92. The van der Waals surface area contributed by atoms with Gasteiger partial charge in [-0.3, -0.25) is 0 Å². The number of rotatable bonds is 1. The van der Waals surface area contributed by atoms with Gasteiger partial charge in [0.25, 0.3) is 0 Å². The zero-order chi connectivity index (χ0) is 6.28. The fourth-order valence-corrected chi connectivity index (χ4v) is 0. The molecule has 0 rings (SSSR count). The zero-order valence-electron chi connectivity index (χ0n) is 4.89. The van der Waals surface area contributed by atoms with Gasteiger partial charge in [0.1, 0.15) is 0 Å². The van der Waals surface area contributed by atoms with Crippen molar-refractivity contribution in [3.8, 4) is 6.57 Å². The lowest BCUT2D eigenvalue weighted by molar-refractivity contribution is 0.835. The standard InChI is InChI=1S/C5H10.CHN/c1-4-5(2)3;1-2/h4-5H,1H2,2-3H3;1H. The second-order valence-corrected chi connectivity index (χ2v) is 1.48. The second kappa shape index (κ2) is 8.97. The summed E-state index contributed by atoms with van der Waals surface area (Å²) in [5.41, 5.74) is 0. The van der Waals surface area contributed by atoms with Crippen LogP contribution >= 0.6 is 0 Å². The van der Waals surface area contributed by atoms with Crippen LogP contribution in [0.3, 0.4) is 0 Å². The van der Waals surface area contributed by atoms with E-state index >= 15 is 0 Å². The molecular weight excluding hydrogens is 86.1 g/mol. The SMILES string of the molecule is C#N.C=CC(C)C. The summed E-state index contributed by atoms with van der Waals surface area (Å²) in [5, 5.41) is 6.50. The molecule has 0 aromatic heterocycles. The smallest absolute Gasteiger partial charge is 0.0462 e. The Morgan fingerprint density at radius 3 is 1.71 bits per heavy atom. The molecule has 40 valence electrons. The van der Waals surface area contributed by atoms with Gasteiger partial charge in [0, 0.05) is 6.57 Å². The minimum Gasteiger partial charge on any atom is -0.202 e. The van der Waals surface area contributed by atoms with Crippen LogP contribution in [0.25, 0.3) is 0 Å². The van der Waals surface area contributed by atoms with E-state index in [0.29, 0.717) is 5.92 Å². The van der Waals surface area contributed by atoms with Crippen LogP contribution in [-0.2, 0) is 0 Å². The normalized spacial score (nSPS) is 6.43. The van der Waals surface area contributed by atoms with Crippen LogP contribution in [-0.4, -0.2) is 0 Å². The van der Waals surface area contributed by atoms with Crippen molar-refractivity contribution in [2.24, 2.45) is 5.92 Å². The minimum atomic E-state index is 0.648. The van der Waals surface area contributed by atoms with Crippen LogP contribution in [0.4, 0.5) is 0 Å². The molecule has 1 heteroatoms. The van der Waals surface area contributed by atoms with E-state index < -0.39 is 0 Å². The van der Waals surface area contributed by atoms with E-state index in [2.05, 4.69) is 27.0 Å². The third-order valence-electron chi connectivity index (χ3n) is 0.471. The van der Waals surface area contributed by atoms with Crippen LogP contribution in [0.15, 0.2) is 12.7 Å². The number of hydrogen-bond donors (Lipinski definition) is 0. The van der Waals surface area contributed by atoms with Gasteiger partial charge in [0.15, 0.2) is 0 Å². The number of nitrogens with zero attached hydrogens (tertiary/aromatic N) is 1. The molecule has 0 aliphatic heterocycles. The van der Waals surface area contributed by atoms with Crippen LogP contribution in [0.1, 0.15) is 13.8 Å². The molecule has 0 saturated carbocycles. The Labute approximate surface area is 45.3 Å². The molecule has 0 aromatic rings. The molecule has 0 radical (unpaired) electrons. The molecule has 0 spiro atoms. The molecule has 0 N–H and O–H groups in total. The molecule has 0 heterocycles. The molecule has 1 nitrogen and oxygen atoms in total. The van der Waals surface area contributed by atoms with Crippen molar-refractivity contribution in [2.45, 2.75) is 13.8 Å². The maximum Gasteiger partial charge on any atom is 0.0462 e. The van der Waals surface area contributed by atoms with E-state index in [9.17, 15) is 0 Å². The van der Waals surface area contributed by atoms with Gasteiger partial charge in [-0.25, -0.2) is 5.26 Å². The summed E-state index contributed by atoms with van der Waals surface area (Å²) in [7, 11) is 0. The van der Waals surface area contributed by atoms with Gasteiger partial charge in [0.05, 0.1) is 0 Å². The first-order valence-electron chi connectivity index (χ1n) is 2.15. The largest absolute Gasteiger partial charge is 0.202 e. The molecule has 0 atom stereocenters. The predicted octanol–water partition coefficient (Wildman–Crippen LogP) is 1.97. The van der Waals surface area contributed by atoms with Crippen LogP contribution in [0.2, 0.25) is 0 Å². The highest BCUT2D eigenvalue weighted by Gasteiger charge is 1.73. The summed E-state index contributed by atoms with van der Waals surface area (Å²) in [6.45, 7) is 11.3. The Morgan fingerprint density at radius 2 is 1.71 bits per heavy atom. The summed E-state index contributed by atoms with van der Waals surface area (Å²) in [6, 6.07) is 0. The maximum absolute atomic E-state index is 6.50. The number of allylic oxidation sites excluding steroid dienone is 1. The van der Waals surface area contributed by atoms with Gasteiger partial charge in [-0.1, -0.05) is 19.9 Å². The monoisotopic (exact) mass is 97.1 g/mol. The third-order valence-corrected chi connectivity index (χ3v) is 0.471. The molecule has 0 unspecified atom stereocenters. The van der Waals surface area contributed by atoms with Crippen molar-refractivity contribution >= 4 is 0 Å². The van der Waals surface area contributed by atoms with Crippen molar-refractivity contribution in [3.63, 3.8) is 0 Å². The highest BCUT2D eigenvalue weighted by Crippen LogP contribution is 1.87. The van der Waals surface area contributed by atoms with Crippen LogP contribution < -0.4 is 0 Å². The lowest BCUT2D eigenvalue weighted by atomic mass is 10.2. The summed E-state index contributed by atoms with van der Waals surface area (Å²) < 4.78 is 0. The topological polar surface area (TPSA) is 23.8 Å². The molecule has 0 aliphatic rings. The van der Waals surface area contributed by atoms with E-state index in [-0.39, 0.29) is 0 Å². The third kappa shape index (κ3) is 36.1. The first-order valence-corrected chi connectivity index (χ1v) is 2.15. The predicted molar refractivity (Wildman–Crippen MR) is 31.7 cm³/mol. The Hall–Kier alpha value is -0.770. The van der Waals surface area contributed by atoms with E-state index in [4.69, 9.17) is 5.26 Å². The lowest BCUT2D eigenvalue weighted by Gasteiger charge is -1.84. The Balaban J connectivity index is 0. The second-order valence-electron chi connectivity index (χ2n) is 1.48. The molecule has 0 saturated heterocycles. The first-order chi connectivity index (χ1) is 3.27. The number of hydrogen-bond acceptors (Lipinski definition) is 1.